The summed E-state index contributed by atoms with van der Waals surface area (Å²) >= 11 is 0. The minimum atomic E-state index is -0.850. The van der Waals surface area contributed by atoms with Crippen molar-refractivity contribution in [3.63, 3.8) is 0 Å². The zero-order chi connectivity index (χ0) is 19.7. The van der Waals surface area contributed by atoms with Gasteiger partial charge < -0.3 is 10.6 Å². The van der Waals surface area contributed by atoms with Crippen LogP contribution in [-0.4, -0.2) is 20.4 Å². The minimum Gasteiger partial charge on any atom is -0.308 e. The summed E-state index contributed by atoms with van der Waals surface area (Å²) in [5, 5.41) is 4.76. The second-order valence-electron chi connectivity index (χ2n) is 6.09. The van der Waals surface area contributed by atoms with Crippen molar-refractivity contribution in [2.75, 3.05) is 10.6 Å². The second kappa shape index (κ2) is 7.07. The summed E-state index contributed by atoms with van der Waals surface area (Å²) in [6, 6.07) is 11.4. The number of fused-ring (bicyclic) bond motifs is 1. The van der Waals surface area contributed by atoms with E-state index < -0.39 is 23.4 Å². The smallest absolute Gasteiger partial charge is 0.308 e. The molecule has 0 radical (unpaired) electrons. The fraction of sp³-hybridized carbons (Fsp3) is 0.0500. The fourth-order valence-electron chi connectivity index (χ4n) is 2.91. The van der Waals surface area contributed by atoms with Gasteiger partial charge in [0.25, 0.3) is 0 Å². The molecule has 4 aromatic rings. The van der Waals surface area contributed by atoms with Crippen molar-refractivity contribution < 1.29 is 13.6 Å². The van der Waals surface area contributed by atoms with Gasteiger partial charge >= 0.3 is 6.03 Å². The van der Waals surface area contributed by atoms with Crippen LogP contribution in [0.2, 0.25) is 0 Å². The summed E-state index contributed by atoms with van der Waals surface area (Å²) in [6.07, 6.45) is 3.53. The molecule has 0 fully saturated rings. The Morgan fingerprint density at radius 3 is 2.54 bits per heavy atom. The molecule has 0 aliphatic rings. The van der Waals surface area contributed by atoms with Crippen LogP contribution in [-0.2, 0) is 0 Å². The third-order valence-electron chi connectivity index (χ3n) is 4.24. The van der Waals surface area contributed by atoms with E-state index in [1.165, 1.54) is 6.07 Å². The van der Waals surface area contributed by atoms with Crippen molar-refractivity contribution in [1.82, 2.24) is 14.4 Å². The Balaban J connectivity index is 1.58. The quantitative estimate of drug-likeness (QED) is 0.545. The summed E-state index contributed by atoms with van der Waals surface area (Å²) in [5.41, 5.74) is 2.36. The molecular weight excluding hydrogens is 364 g/mol. The van der Waals surface area contributed by atoms with Crippen LogP contribution in [0.25, 0.3) is 17.0 Å². The van der Waals surface area contributed by atoms with E-state index in [9.17, 15) is 13.6 Å². The number of benzene rings is 2. The maximum Gasteiger partial charge on any atom is 0.323 e. The standard InChI is InChI=1S/C20H15F2N5O/c1-12-17(25-19-23-9-4-10-27(12)19)13-5-2-6-14(11-13)24-20(28)26-18-15(21)7-3-8-16(18)22/h2-11H,1H3,(H2,24,26,28). The lowest BCUT2D eigenvalue weighted by Gasteiger charge is -2.10. The van der Waals surface area contributed by atoms with E-state index in [-0.39, 0.29) is 0 Å². The van der Waals surface area contributed by atoms with E-state index in [1.807, 2.05) is 29.7 Å². The van der Waals surface area contributed by atoms with E-state index in [2.05, 4.69) is 20.6 Å². The van der Waals surface area contributed by atoms with Crippen LogP contribution in [0.4, 0.5) is 25.0 Å². The molecule has 0 atom stereocenters. The number of carbonyl (C=O) groups is 1. The van der Waals surface area contributed by atoms with Gasteiger partial charge in [-0.3, -0.25) is 4.40 Å². The maximum atomic E-state index is 13.7. The van der Waals surface area contributed by atoms with E-state index >= 15 is 0 Å². The van der Waals surface area contributed by atoms with Crippen molar-refractivity contribution in [2.24, 2.45) is 0 Å². The summed E-state index contributed by atoms with van der Waals surface area (Å²) in [7, 11) is 0. The number of urea groups is 1. The Morgan fingerprint density at radius 1 is 1.04 bits per heavy atom. The number of carbonyl (C=O) groups excluding carboxylic acids is 1. The summed E-state index contributed by atoms with van der Waals surface area (Å²) in [4.78, 5) is 20.9. The number of aromatic nitrogens is 3. The van der Waals surface area contributed by atoms with Gasteiger partial charge in [-0.15, -0.1) is 0 Å². The lowest BCUT2D eigenvalue weighted by atomic mass is 10.1. The van der Waals surface area contributed by atoms with Gasteiger partial charge in [-0.05, 0) is 37.3 Å². The molecule has 4 rings (SSSR count). The molecular formula is C20H15F2N5O. The number of imidazole rings is 1. The summed E-state index contributed by atoms with van der Waals surface area (Å²) in [5.74, 6) is -1.13. The molecule has 28 heavy (non-hydrogen) atoms. The Hall–Kier alpha value is -3.81. The molecule has 0 spiro atoms. The molecule has 0 aliphatic carbocycles. The van der Waals surface area contributed by atoms with Crippen LogP contribution >= 0.6 is 0 Å². The Labute approximate surface area is 158 Å². The first-order chi connectivity index (χ1) is 13.5. The van der Waals surface area contributed by atoms with Crippen molar-refractivity contribution in [1.29, 1.82) is 0 Å². The first-order valence-electron chi connectivity index (χ1n) is 8.45. The highest BCUT2D eigenvalue weighted by Crippen LogP contribution is 2.26. The maximum absolute atomic E-state index is 13.7. The highest BCUT2D eigenvalue weighted by atomic mass is 19.1. The molecule has 0 unspecified atom stereocenters. The molecule has 2 aromatic carbocycles. The molecule has 0 aliphatic heterocycles. The number of rotatable bonds is 3. The third kappa shape index (κ3) is 3.27. The molecule has 0 bridgehead atoms. The fourth-order valence-corrected chi connectivity index (χ4v) is 2.91. The predicted molar refractivity (Wildman–Crippen MR) is 102 cm³/mol. The van der Waals surface area contributed by atoms with Gasteiger partial charge in [0.1, 0.15) is 17.3 Å². The SMILES string of the molecule is Cc1c(-c2cccc(NC(=O)Nc3c(F)cccc3F)c2)nc2ncccn12. The molecule has 6 nitrogen and oxygen atoms in total. The number of para-hydroxylation sites is 1. The number of nitrogens with zero attached hydrogens (tertiary/aromatic N) is 3. The van der Waals surface area contributed by atoms with Gasteiger partial charge in [0, 0.05) is 29.3 Å². The minimum absolute atomic E-state index is 0.455. The topological polar surface area (TPSA) is 71.3 Å². The van der Waals surface area contributed by atoms with Gasteiger partial charge in [0.2, 0.25) is 5.78 Å². The molecule has 2 heterocycles. The lowest BCUT2D eigenvalue weighted by Crippen LogP contribution is -2.21. The van der Waals surface area contributed by atoms with Crippen LogP contribution in [0.5, 0.6) is 0 Å². The highest BCUT2D eigenvalue weighted by Gasteiger charge is 2.14. The van der Waals surface area contributed by atoms with Crippen molar-refractivity contribution >= 4 is 23.2 Å². The first-order valence-corrected chi connectivity index (χ1v) is 8.45. The number of anilines is 2. The molecule has 0 saturated carbocycles. The monoisotopic (exact) mass is 379 g/mol. The summed E-state index contributed by atoms with van der Waals surface area (Å²) < 4.78 is 29.2. The van der Waals surface area contributed by atoms with Crippen LogP contribution in [0, 0.1) is 18.6 Å². The van der Waals surface area contributed by atoms with Crippen LogP contribution in [0.1, 0.15) is 5.69 Å². The van der Waals surface area contributed by atoms with E-state index in [4.69, 9.17) is 0 Å². The summed E-state index contributed by atoms with van der Waals surface area (Å²) in [6.45, 7) is 1.92. The zero-order valence-electron chi connectivity index (χ0n) is 14.8. The van der Waals surface area contributed by atoms with Gasteiger partial charge in [-0.2, -0.15) is 0 Å². The van der Waals surface area contributed by atoms with Crippen LogP contribution in [0.15, 0.2) is 60.9 Å². The largest absolute Gasteiger partial charge is 0.323 e. The Kier molecular flexibility index (Phi) is 4.44. The predicted octanol–water partition coefficient (Wildman–Crippen LogP) is 4.63. The van der Waals surface area contributed by atoms with E-state index in [0.29, 0.717) is 11.5 Å². The zero-order valence-corrected chi connectivity index (χ0v) is 14.8. The average molecular weight is 379 g/mol. The van der Waals surface area contributed by atoms with Crippen molar-refractivity contribution in [3.8, 4) is 11.3 Å². The van der Waals surface area contributed by atoms with Gasteiger partial charge in [0.05, 0.1) is 5.69 Å². The van der Waals surface area contributed by atoms with Crippen LogP contribution < -0.4 is 10.6 Å². The number of hydrogen-bond donors (Lipinski definition) is 2. The van der Waals surface area contributed by atoms with Gasteiger partial charge in [-0.1, -0.05) is 18.2 Å². The molecule has 8 heteroatoms. The second-order valence-corrected chi connectivity index (χ2v) is 6.09. The molecule has 2 aromatic heterocycles. The van der Waals surface area contributed by atoms with E-state index in [0.717, 1.165) is 29.1 Å². The lowest BCUT2D eigenvalue weighted by molar-refractivity contribution is 0.262. The van der Waals surface area contributed by atoms with E-state index in [1.54, 1.807) is 24.4 Å². The number of amides is 2. The molecule has 0 saturated heterocycles. The van der Waals surface area contributed by atoms with Crippen molar-refractivity contribution in [2.45, 2.75) is 6.92 Å². The number of halogens is 2. The molecule has 140 valence electrons. The molecule has 2 N–H and O–H groups in total. The number of nitrogens with one attached hydrogen (secondary N) is 2. The third-order valence-corrected chi connectivity index (χ3v) is 4.24. The van der Waals surface area contributed by atoms with Crippen molar-refractivity contribution in [3.05, 3.63) is 78.3 Å². The number of aryl methyl sites for hydroxylation is 1. The molecule has 2 amide bonds. The van der Waals surface area contributed by atoms with Crippen LogP contribution in [0.3, 0.4) is 0 Å². The normalized spacial score (nSPS) is 10.8. The Morgan fingerprint density at radius 2 is 1.79 bits per heavy atom. The Bertz CT molecular complexity index is 1170. The van der Waals surface area contributed by atoms with Gasteiger partial charge in [0.15, 0.2) is 0 Å². The number of hydrogen-bond acceptors (Lipinski definition) is 3. The highest BCUT2D eigenvalue weighted by molar-refractivity contribution is 6.00. The van der Waals surface area contributed by atoms with Gasteiger partial charge in [-0.25, -0.2) is 23.5 Å². The average Bonchev–Trinajstić information content (AvgIpc) is 3.02. The first kappa shape index (κ1) is 17.6.